The average Bonchev–Trinajstić information content (AvgIpc) is 2.66. The molecule has 2 heterocycles. The highest BCUT2D eigenvalue weighted by Gasteiger charge is 2.52. The molecule has 0 aromatic carbocycles. The van der Waals surface area contributed by atoms with E-state index in [-0.39, 0.29) is 5.75 Å². The van der Waals surface area contributed by atoms with E-state index in [1.807, 2.05) is 0 Å². The quantitative estimate of drug-likeness (QED) is 0.183. The summed E-state index contributed by atoms with van der Waals surface area (Å²) in [7, 11) is 1.26. The maximum Gasteiger partial charge on any atom is 0.217 e. The molecular formula is C15H26N2O10S. The molecule has 2 saturated heterocycles. The summed E-state index contributed by atoms with van der Waals surface area (Å²) in [6.45, 7) is 0.613. The van der Waals surface area contributed by atoms with Gasteiger partial charge in [0.05, 0.1) is 12.7 Å². The number of thiol groups is 1. The van der Waals surface area contributed by atoms with Crippen LogP contribution in [0.15, 0.2) is 5.18 Å². The number of aliphatic hydroxyl groups excluding tert-OH is 4. The highest BCUT2D eigenvalue weighted by atomic mass is 32.1. The Bertz CT molecular complexity index is 527. The Kier molecular flexibility index (Phi) is 8.54. The number of amides is 1. The number of ether oxygens (including phenoxy) is 4. The minimum atomic E-state index is -1.48. The number of carbonyl (C=O) groups is 1. The van der Waals surface area contributed by atoms with Crippen LogP contribution in [0.3, 0.4) is 0 Å². The zero-order chi connectivity index (χ0) is 21.0. The second kappa shape index (κ2) is 10.2. The van der Waals surface area contributed by atoms with E-state index in [4.69, 9.17) is 18.9 Å². The molecule has 162 valence electrons. The van der Waals surface area contributed by atoms with Gasteiger partial charge in [-0.15, -0.1) is 0 Å². The van der Waals surface area contributed by atoms with Gasteiger partial charge in [0, 0.05) is 19.8 Å². The third-order valence-electron chi connectivity index (χ3n) is 4.72. The Morgan fingerprint density at radius 1 is 1.14 bits per heavy atom. The summed E-state index contributed by atoms with van der Waals surface area (Å²) in [5, 5.41) is 45.7. The highest BCUT2D eigenvalue weighted by Crippen LogP contribution is 2.30. The van der Waals surface area contributed by atoms with Crippen LogP contribution in [0.25, 0.3) is 0 Å². The molecule has 0 aromatic rings. The van der Waals surface area contributed by atoms with Crippen molar-refractivity contribution >= 4 is 18.5 Å². The lowest BCUT2D eigenvalue weighted by Gasteiger charge is -2.46. The zero-order valence-electron chi connectivity index (χ0n) is 15.3. The van der Waals surface area contributed by atoms with Gasteiger partial charge in [-0.05, 0) is 0 Å². The van der Waals surface area contributed by atoms with Gasteiger partial charge < -0.3 is 44.7 Å². The molecule has 0 aromatic heterocycles. The highest BCUT2D eigenvalue weighted by molar-refractivity contribution is 7.80. The van der Waals surface area contributed by atoms with Crippen LogP contribution < -0.4 is 5.32 Å². The molecule has 10 atom stereocenters. The molecule has 13 heteroatoms. The molecular weight excluding hydrogens is 400 g/mol. The van der Waals surface area contributed by atoms with E-state index < -0.39 is 73.8 Å². The summed E-state index contributed by atoms with van der Waals surface area (Å²) in [5.74, 6) is -0.526. The van der Waals surface area contributed by atoms with Gasteiger partial charge in [-0.1, -0.05) is 5.18 Å². The van der Waals surface area contributed by atoms with Crippen molar-refractivity contribution in [2.45, 2.75) is 68.2 Å². The van der Waals surface area contributed by atoms with Gasteiger partial charge in [-0.3, -0.25) is 4.79 Å². The van der Waals surface area contributed by atoms with E-state index in [1.165, 1.54) is 14.0 Å². The second-order valence-electron chi connectivity index (χ2n) is 6.58. The van der Waals surface area contributed by atoms with E-state index in [0.717, 1.165) is 0 Å². The molecule has 10 unspecified atom stereocenters. The molecule has 0 spiro atoms. The summed E-state index contributed by atoms with van der Waals surface area (Å²) < 4.78 is 21.5. The zero-order valence-corrected chi connectivity index (χ0v) is 16.2. The summed E-state index contributed by atoms with van der Waals surface area (Å²) >= 11 is 4.06. The summed E-state index contributed by atoms with van der Waals surface area (Å²) in [4.78, 5) is 22.9. The van der Waals surface area contributed by atoms with Crippen LogP contribution in [0.2, 0.25) is 0 Å². The van der Waals surface area contributed by atoms with Crippen molar-refractivity contribution in [2.75, 3.05) is 19.5 Å². The Labute approximate surface area is 166 Å². The molecule has 0 saturated carbocycles. The molecule has 5 N–H and O–H groups in total. The average molecular weight is 426 g/mol. The number of hydrogen-bond acceptors (Lipinski definition) is 12. The number of nitrogens with zero attached hydrogens (tertiary/aromatic N) is 1. The smallest absolute Gasteiger partial charge is 0.217 e. The lowest BCUT2D eigenvalue weighted by atomic mass is 9.94. The van der Waals surface area contributed by atoms with Gasteiger partial charge in [-0.25, -0.2) is 0 Å². The predicted molar refractivity (Wildman–Crippen MR) is 95.4 cm³/mol. The molecule has 2 rings (SSSR count). The van der Waals surface area contributed by atoms with E-state index >= 15 is 0 Å². The van der Waals surface area contributed by atoms with Crippen molar-refractivity contribution in [3.05, 3.63) is 4.91 Å². The monoisotopic (exact) mass is 426 g/mol. The van der Waals surface area contributed by atoms with Crippen molar-refractivity contribution in [3.8, 4) is 0 Å². The lowest BCUT2D eigenvalue weighted by molar-refractivity contribution is -0.336. The van der Waals surface area contributed by atoms with Gasteiger partial charge in [0.2, 0.25) is 5.91 Å². The number of nitrogens with one attached hydrogen (secondary N) is 1. The van der Waals surface area contributed by atoms with Crippen molar-refractivity contribution < 1.29 is 44.2 Å². The number of carbonyl (C=O) groups excluding carboxylic acids is 1. The largest absolute Gasteiger partial charge is 0.394 e. The topological polar surface area (TPSA) is 176 Å². The third kappa shape index (κ3) is 4.80. The van der Waals surface area contributed by atoms with Gasteiger partial charge in [0.15, 0.2) is 12.6 Å². The maximum absolute atomic E-state index is 11.6. The van der Waals surface area contributed by atoms with Crippen LogP contribution in [0.5, 0.6) is 0 Å². The van der Waals surface area contributed by atoms with Gasteiger partial charge in [0.25, 0.3) is 0 Å². The normalized spacial score (nSPS) is 44.1. The molecule has 0 bridgehead atoms. The van der Waals surface area contributed by atoms with E-state index in [2.05, 4.69) is 23.1 Å². The minimum Gasteiger partial charge on any atom is -0.394 e. The van der Waals surface area contributed by atoms with Gasteiger partial charge >= 0.3 is 0 Å². The first-order valence-electron chi connectivity index (χ1n) is 8.63. The molecule has 0 aliphatic carbocycles. The van der Waals surface area contributed by atoms with Crippen LogP contribution in [0.1, 0.15) is 6.92 Å². The second-order valence-corrected chi connectivity index (χ2v) is 6.95. The first-order chi connectivity index (χ1) is 13.3. The van der Waals surface area contributed by atoms with Crippen molar-refractivity contribution in [3.63, 3.8) is 0 Å². The third-order valence-corrected chi connectivity index (χ3v) is 5.08. The number of aliphatic hydroxyl groups is 4. The van der Waals surface area contributed by atoms with Crippen LogP contribution in [0.4, 0.5) is 0 Å². The van der Waals surface area contributed by atoms with Crippen LogP contribution in [-0.4, -0.2) is 107 Å². The van der Waals surface area contributed by atoms with Crippen molar-refractivity contribution in [2.24, 2.45) is 5.18 Å². The van der Waals surface area contributed by atoms with Crippen molar-refractivity contribution in [1.29, 1.82) is 0 Å². The molecule has 1 amide bonds. The summed E-state index contributed by atoms with van der Waals surface area (Å²) in [5.41, 5.74) is 0. The van der Waals surface area contributed by atoms with E-state index in [1.54, 1.807) is 0 Å². The molecule has 2 aliphatic rings. The van der Waals surface area contributed by atoms with E-state index in [9.17, 15) is 30.1 Å². The number of nitroso groups, excluding NO2 is 1. The minimum absolute atomic E-state index is 0.0126. The van der Waals surface area contributed by atoms with Gasteiger partial charge in [0.1, 0.15) is 42.6 Å². The molecule has 12 nitrogen and oxygen atoms in total. The van der Waals surface area contributed by atoms with Gasteiger partial charge in [-0.2, -0.15) is 17.5 Å². The number of hydrogen-bond donors (Lipinski definition) is 6. The summed E-state index contributed by atoms with van der Waals surface area (Å²) in [6, 6.07) is -2.52. The predicted octanol–water partition coefficient (Wildman–Crippen LogP) is -2.89. The fourth-order valence-electron chi connectivity index (χ4n) is 3.28. The fourth-order valence-corrected chi connectivity index (χ4v) is 3.58. The van der Waals surface area contributed by atoms with Crippen LogP contribution >= 0.6 is 12.6 Å². The lowest BCUT2D eigenvalue weighted by Crippen LogP contribution is -2.67. The first-order valence-corrected chi connectivity index (χ1v) is 9.26. The van der Waals surface area contributed by atoms with E-state index in [0.29, 0.717) is 0 Å². The standard InChI is InChI=1S/C15H26N2O10S/c1-5(19)16-9-8(17-23)10(20)7(4-28)26-14(9)27-13-11(21)6(3-18)25-15(24-2)12(13)22/h6-15,18,20-22,28H,3-4H2,1-2H3,(H,16,19). The molecule has 2 fully saturated rings. The Balaban J connectivity index is 2.29. The Hall–Kier alpha value is -0.900. The summed E-state index contributed by atoms with van der Waals surface area (Å²) in [6.07, 6.45) is -10.3. The maximum atomic E-state index is 11.6. The van der Waals surface area contributed by atoms with Crippen LogP contribution in [0, 0.1) is 4.91 Å². The Morgan fingerprint density at radius 3 is 2.29 bits per heavy atom. The molecule has 28 heavy (non-hydrogen) atoms. The first kappa shape index (κ1) is 23.4. The molecule has 0 radical (unpaired) electrons. The number of methoxy groups -OCH3 is 1. The molecule has 2 aliphatic heterocycles. The number of rotatable bonds is 7. The van der Waals surface area contributed by atoms with Crippen molar-refractivity contribution in [1.82, 2.24) is 5.32 Å². The fraction of sp³-hybridized carbons (Fsp3) is 0.933. The Morgan fingerprint density at radius 2 is 1.79 bits per heavy atom. The van der Waals surface area contributed by atoms with Crippen LogP contribution in [-0.2, 0) is 23.7 Å². The SMILES string of the molecule is COC1OC(CO)C(O)C(OC2OC(CS)C(O)C(N=O)C2NC(C)=O)C1O.